The van der Waals surface area contributed by atoms with E-state index in [4.69, 9.17) is 4.74 Å². The van der Waals surface area contributed by atoms with Gasteiger partial charge >= 0.3 is 6.03 Å². The predicted molar refractivity (Wildman–Crippen MR) is 123 cm³/mol. The number of aliphatic hydroxyl groups excluding tert-OH is 1. The zero-order chi connectivity index (χ0) is 22.5. The molecule has 3 amide bonds. The van der Waals surface area contributed by atoms with Crippen LogP contribution in [0.2, 0.25) is 0 Å². The van der Waals surface area contributed by atoms with Crippen molar-refractivity contribution >= 4 is 17.6 Å². The van der Waals surface area contributed by atoms with Crippen LogP contribution in [0.25, 0.3) is 0 Å². The number of ether oxygens (including phenoxy) is 1. The molecule has 3 N–H and O–H groups in total. The first-order valence-corrected chi connectivity index (χ1v) is 12.0. The van der Waals surface area contributed by atoms with Crippen molar-refractivity contribution in [2.45, 2.75) is 75.6 Å². The molecule has 8 heteroatoms. The van der Waals surface area contributed by atoms with Crippen LogP contribution in [-0.4, -0.2) is 77.8 Å². The molecule has 1 aromatic carbocycles. The zero-order valence-corrected chi connectivity index (χ0v) is 19.0. The second-order valence-corrected chi connectivity index (χ2v) is 9.33. The quantitative estimate of drug-likeness (QED) is 0.649. The van der Waals surface area contributed by atoms with Gasteiger partial charge in [0.05, 0.1) is 19.3 Å². The lowest BCUT2D eigenvalue weighted by Gasteiger charge is -2.39. The fourth-order valence-electron chi connectivity index (χ4n) is 5.35. The van der Waals surface area contributed by atoms with Gasteiger partial charge in [0, 0.05) is 43.5 Å². The molecule has 0 bridgehead atoms. The first-order chi connectivity index (χ1) is 15.5. The SMILES string of the molecule is COc1cccc(NC(=O)N2CCC(N3C[C@H](O)C[C@H]3C(=O)NC3CCCCC3)CC2)c1. The molecule has 4 rings (SSSR count). The number of nitrogens with zero attached hydrogens (tertiary/aromatic N) is 2. The number of β-amino-alcohol motifs (C(OH)–C–C–N with tert-alkyl or cyclic N) is 1. The van der Waals surface area contributed by atoms with Gasteiger partial charge in [-0.3, -0.25) is 9.69 Å². The maximum atomic E-state index is 13.0. The Morgan fingerprint density at radius 3 is 2.56 bits per heavy atom. The van der Waals surface area contributed by atoms with Gasteiger partial charge in [-0.1, -0.05) is 25.3 Å². The van der Waals surface area contributed by atoms with Gasteiger partial charge in [-0.2, -0.15) is 0 Å². The Bertz CT molecular complexity index is 790. The highest BCUT2D eigenvalue weighted by atomic mass is 16.5. The smallest absolute Gasteiger partial charge is 0.321 e. The fraction of sp³-hybridized carbons (Fsp3) is 0.667. The van der Waals surface area contributed by atoms with Crippen molar-refractivity contribution in [3.63, 3.8) is 0 Å². The number of anilines is 1. The number of piperidine rings is 1. The van der Waals surface area contributed by atoms with E-state index in [0.717, 1.165) is 25.7 Å². The molecule has 3 aliphatic rings. The monoisotopic (exact) mass is 444 g/mol. The van der Waals surface area contributed by atoms with E-state index in [1.165, 1.54) is 19.3 Å². The molecule has 32 heavy (non-hydrogen) atoms. The van der Waals surface area contributed by atoms with Crippen LogP contribution >= 0.6 is 0 Å². The molecule has 0 aromatic heterocycles. The highest BCUT2D eigenvalue weighted by Gasteiger charge is 2.41. The third-order valence-corrected chi connectivity index (χ3v) is 7.11. The summed E-state index contributed by atoms with van der Waals surface area (Å²) in [5.41, 5.74) is 0.707. The fourth-order valence-corrected chi connectivity index (χ4v) is 5.35. The summed E-state index contributed by atoms with van der Waals surface area (Å²) in [5, 5.41) is 16.5. The van der Waals surface area contributed by atoms with Crippen molar-refractivity contribution in [2.24, 2.45) is 0 Å². The maximum absolute atomic E-state index is 13.0. The second-order valence-electron chi connectivity index (χ2n) is 9.33. The van der Waals surface area contributed by atoms with Crippen LogP contribution in [0.1, 0.15) is 51.4 Å². The summed E-state index contributed by atoms with van der Waals surface area (Å²) in [6, 6.07) is 7.41. The van der Waals surface area contributed by atoms with Crippen LogP contribution in [0, 0.1) is 0 Å². The molecule has 176 valence electrons. The Labute approximate surface area is 190 Å². The Hall–Kier alpha value is -2.32. The minimum Gasteiger partial charge on any atom is -0.497 e. The van der Waals surface area contributed by atoms with E-state index in [-0.39, 0.29) is 30.1 Å². The number of rotatable bonds is 5. The maximum Gasteiger partial charge on any atom is 0.321 e. The molecule has 0 unspecified atom stereocenters. The van der Waals surface area contributed by atoms with Crippen molar-refractivity contribution in [1.82, 2.24) is 15.1 Å². The molecule has 1 saturated carbocycles. The minimum atomic E-state index is -0.466. The highest BCUT2D eigenvalue weighted by molar-refractivity contribution is 5.89. The summed E-state index contributed by atoms with van der Waals surface area (Å²) in [6.07, 6.45) is 7.35. The van der Waals surface area contributed by atoms with Gasteiger partial charge in [0.1, 0.15) is 5.75 Å². The average molecular weight is 445 g/mol. The number of nitrogens with one attached hydrogen (secondary N) is 2. The van der Waals surface area contributed by atoms with Crippen LogP contribution in [0.3, 0.4) is 0 Å². The summed E-state index contributed by atoms with van der Waals surface area (Å²) in [5.74, 6) is 0.762. The summed E-state index contributed by atoms with van der Waals surface area (Å²) in [7, 11) is 1.60. The molecule has 3 fully saturated rings. The molecule has 0 spiro atoms. The molecule has 2 aliphatic heterocycles. The van der Waals surface area contributed by atoms with E-state index in [9.17, 15) is 14.7 Å². The lowest BCUT2D eigenvalue weighted by Crippen LogP contribution is -2.53. The number of hydrogen-bond donors (Lipinski definition) is 3. The number of carbonyl (C=O) groups excluding carboxylic acids is 2. The van der Waals surface area contributed by atoms with Gasteiger partial charge in [0.2, 0.25) is 5.91 Å². The number of likely N-dealkylation sites (tertiary alicyclic amines) is 2. The Morgan fingerprint density at radius 1 is 1.09 bits per heavy atom. The first-order valence-electron chi connectivity index (χ1n) is 12.0. The van der Waals surface area contributed by atoms with Gasteiger partial charge in [0.15, 0.2) is 0 Å². The summed E-state index contributed by atoms with van der Waals surface area (Å²) >= 11 is 0. The summed E-state index contributed by atoms with van der Waals surface area (Å²) < 4.78 is 5.22. The second kappa shape index (κ2) is 10.5. The van der Waals surface area contributed by atoms with Crippen molar-refractivity contribution in [1.29, 1.82) is 0 Å². The van der Waals surface area contributed by atoms with Gasteiger partial charge in [-0.15, -0.1) is 0 Å². The number of methoxy groups -OCH3 is 1. The van der Waals surface area contributed by atoms with Crippen LogP contribution in [0.4, 0.5) is 10.5 Å². The van der Waals surface area contributed by atoms with Crippen LogP contribution in [0.15, 0.2) is 24.3 Å². The number of carbonyl (C=O) groups is 2. The minimum absolute atomic E-state index is 0.0617. The molecule has 0 radical (unpaired) electrons. The third-order valence-electron chi connectivity index (χ3n) is 7.11. The van der Waals surface area contributed by atoms with E-state index in [1.54, 1.807) is 13.2 Å². The van der Waals surface area contributed by atoms with E-state index in [1.807, 2.05) is 23.1 Å². The van der Waals surface area contributed by atoms with Gasteiger partial charge < -0.3 is 25.4 Å². The summed E-state index contributed by atoms with van der Waals surface area (Å²) in [6.45, 7) is 1.79. The van der Waals surface area contributed by atoms with E-state index in [2.05, 4.69) is 15.5 Å². The van der Waals surface area contributed by atoms with Gasteiger partial charge in [-0.05, 0) is 44.2 Å². The van der Waals surface area contributed by atoms with Crippen LogP contribution in [-0.2, 0) is 4.79 Å². The standard InChI is InChI=1S/C24H36N4O4/c1-32-21-9-5-8-18(14-21)26-24(31)27-12-10-19(11-13-27)28-16-20(29)15-22(28)23(30)25-17-6-3-2-4-7-17/h5,8-9,14,17,19-20,22,29H,2-4,6-7,10-13,15-16H2,1H3,(H,25,30)(H,26,31)/t20-,22+/m1/s1. The van der Waals surface area contributed by atoms with Crippen molar-refractivity contribution in [3.8, 4) is 5.75 Å². The predicted octanol–water partition coefficient (Wildman–Crippen LogP) is 2.58. The number of hydrogen-bond acceptors (Lipinski definition) is 5. The molecular formula is C24H36N4O4. The molecule has 8 nitrogen and oxygen atoms in total. The molecule has 2 heterocycles. The number of aliphatic hydroxyl groups is 1. The Morgan fingerprint density at radius 2 is 1.84 bits per heavy atom. The molecular weight excluding hydrogens is 408 g/mol. The van der Waals surface area contributed by atoms with Crippen molar-refractivity contribution < 1.29 is 19.4 Å². The molecule has 2 atom stereocenters. The number of urea groups is 1. The van der Waals surface area contributed by atoms with E-state index >= 15 is 0 Å². The lowest BCUT2D eigenvalue weighted by atomic mass is 9.95. The topological polar surface area (TPSA) is 94.1 Å². The van der Waals surface area contributed by atoms with E-state index < -0.39 is 6.10 Å². The lowest BCUT2D eigenvalue weighted by molar-refractivity contribution is -0.127. The molecule has 2 saturated heterocycles. The number of benzene rings is 1. The largest absolute Gasteiger partial charge is 0.497 e. The van der Waals surface area contributed by atoms with Gasteiger partial charge in [-0.25, -0.2) is 4.79 Å². The average Bonchev–Trinajstić information content (AvgIpc) is 3.22. The van der Waals surface area contributed by atoms with Crippen LogP contribution in [0.5, 0.6) is 5.75 Å². The van der Waals surface area contributed by atoms with Crippen molar-refractivity contribution in [2.75, 3.05) is 32.1 Å². The first kappa shape index (κ1) is 22.9. The molecule has 1 aromatic rings. The third kappa shape index (κ3) is 5.53. The molecule has 1 aliphatic carbocycles. The Balaban J connectivity index is 1.30. The summed E-state index contributed by atoms with van der Waals surface area (Å²) in [4.78, 5) is 29.7. The highest BCUT2D eigenvalue weighted by Crippen LogP contribution is 2.28. The zero-order valence-electron chi connectivity index (χ0n) is 19.0. The Kier molecular flexibility index (Phi) is 7.52. The number of amides is 3. The van der Waals surface area contributed by atoms with Crippen molar-refractivity contribution in [3.05, 3.63) is 24.3 Å². The normalized spacial score (nSPS) is 25.5. The van der Waals surface area contributed by atoms with Crippen LogP contribution < -0.4 is 15.4 Å². The van der Waals surface area contributed by atoms with Gasteiger partial charge in [0.25, 0.3) is 0 Å². The van der Waals surface area contributed by atoms with E-state index in [0.29, 0.717) is 37.5 Å².